The number of imidazole rings is 1. The minimum atomic E-state index is 0.195. The van der Waals surface area contributed by atoms with Crippen molar-refractivity contribution in [2.45, 2.75) is 52.0 Å². The molecule has 1 atom stereocenters. The molecule has 0 saturated heterocycles. The van der Waals surface area contributed by atoms with Crippen LogP contribution in [0.25, 0.3) is 0 Å². The van der Waals surface area contributed by atoms with Crippen molar-refractivity contribution in [1.29, 1.82) is 0 Å². The monoisotopic (exact) mass is 236 g/mol. The number of fused-ring (bicyclic) bond motifs is 1. The highest BCUT2D eigenvalue weighted by Crippen LogP contribution is 2.26. The van der Waals surface area contributed by atoms with Gasteiger partial charge in [0.05, 0.1) is 5.69 Å². The third kappa shape index (κ3) is 2.28. The summed E-state index contributed by atoms with van der Waals surface area (Å²) in [6.07, 6.45) is 5.20. The Balaban J connectivity index is 2.28. The molecule has 0 amide bonds. The van der Waals surface area contributed by atoms with Crippen LogP contribution < -0.4 is 5.73 Å². The first-order valence-corrected chi connectivity index (χ1v) is 6.16. The molecule has 0 spiro atoms. The number of aryl methyl sites for hydroxylation is 2. The van der Waals surface area contributed by atoms with E-state index in [2.05, 4.69) is 21.6 Å². The largest absolute Gasteiger partial charge is 0.409 e. The Morgan fingerprint density at radius 3 is 2.94 bits per heavy atom. The van der Waals surface area contributed by atoms with Gasteiger partial charge in [0.25, 0.3) is 0 Å². The van der Waals surface area contributed by atoms with E-state index in [1.807, 2.05) is 6.92 Å². The molecule has 0 radical (unpaired) electrons. The standard InChI is InChI=1S/C12H20N4O/c1-8(7-12(13)15-17)16-9(2)14-10-5-3-4-6-11(10)16/h8,17H,3-7H2,1-2H3,(H2,13,15). The summed E-state index contributed by atoms with van der Waals surface area (Å²) in [4.78, 5) is 4.63. The smallest absolute Gasteiger partial charge is 0.141 e. The maximum absolute atomic E-state index is 8.63. The Labute approximate surface area is 101 Å². The molecule has 1 unspecified atom stereocenters. The molecular weight excluding hydrogens is 216 g/mol. The Morgan fingerprint density at radius 1 is 1.53 bits per heavy atom. The van der Waals surface area contributed by atoms with E-state index in [0.29, 0.717) is 6.42 Å². The van der Waals surface area contributed by atoms with Crippen molar-refractivity contribution in [2.75, 3.05) is 0 Å². The molecule has 1 aliphatic carbocycles. The molecule has 0 aliphatic heterocycles. The van der Waals surface area contributed by atoms with Gasteiger partial charge in [0.1, 0.15) is 11.7 Å². The van der Waals surface area contributed by atoms with Gasteiger partial charge in [-0.3, -0.25) is 0 Å². The van der Waals surface area contributed by atoms with Crippen LogP contribution >= 0.6 is 0 Å². The summed E-state index contributed by atoms with van der Waals surface area (Å²) in [5.41, 5.74) is 8.15. The first-order valence-electron chi connectivity index (χ1n) is 6.16. The summed E-state index contributed by atoms with van der Waals surface area (Å²) in [7, 11) is 0. The van der Waals surface area contributed by atoms with E-state index in [-0.39, 0.29) is 11.9 Å². The fraction of sp³-hybridized carbons (Fsp3) is 0.667. The maximum Gasteiger partial charge on any atom is 0.141 e. The number of amidine groups is 1. The van der Waals surface area contributed by atoms with E-state index >= 15 is 0 Å². The molecule has 1 aliphatic rings. The van der Waals surface area contributed by atoms with E-state index in [1.165, 1.54) is 24.2 Å². The van der Waals surface area contributed by atoms with Crippen molar-refractivity contribution in [3.05, 3.63) is 17.2 Å². The average Bonchev–Trinajstić information content (AvgIpc) is 2.64. The van der Waals surface area contributed by atoms with E-state index in [4.69, 9.17) is 10.9 Å². The van der Waals surface area contributed by atoms with Gasteiger partial charge in [-0.2, -0.15) is 0 Å². The number of hydrogen-bond donors (Lipinski definition) is 2. The molecule has 3 N–H and O–H groups in total. The SMILES string of the molecule is Cc1nc2c(n1C(C)CC(N)=NO)CCCC2. The van der Waals surface area contributed by atoms with Crippen molar-refractivity contribution in [2.24, 2.45) is 10.9 Å². The van der Waals surface area contributed by atoms with Crippen molar-refractivity contribution in [3.63, 3.8) is 0 Å². The predicted molar refractivity (Wildman–Crippen MR) is 66.3 cm³/mol. The van der Waals surface area contributed by atoms with E-state index in [1.54, 1.807) is 0 Å². The van der Waals surface area contributed by atoms with Crippen molar-refractivity contribution in [1.82, 2.24) is 9.55 Å². The molecule has 17 heavy (non-hydrogen) atoms. The van der Waals surface area contributed by atoms with Gasteiger partial charge in [0.2, 0.25) is 0 Å². The zero-order chi connectivity index (χ0) is 12.4. The van der Waals surface area contributed by atoms with Gasteiger partial charge in [-0.25, -0.2) is 4.98 Å². The lowest BCUT2D eigenvalue weighted by Gasteiger charge is -2.20. The zero-order valence-corrected chi connectivity index (χ0v) is 10.5. The highest BCUT2D eigenvalue weighted by Gasteiger charge is 2.21. The van der Waals surface area contributed by atoms with Crippen LogP contribution in [0.4, 0.5) is 0 Å². The molecular formula is C12H20N4O. The highest BCUT2D eigenvalue weighted by atomic mass is 16.4. The van der Waals surface area contributed by atoms with E-state index in [0.717, 1.165) is 18.7 Å². The van der Waals surface area contributed by atoms with Crippen LogP contribution in [-0.2, 0) is 12.8 Å². The lowest BCUT2D eigenvalue weighted by atomic mass is 10.0. The average molecular weight is 236 g/mol. The predicted octanol–water partition coefficient (Wildman–Crippen LogP) is 1.77. The molecule has 1 aromatic rings. The highest BCUT2D eigenvalue weighted by molar-refractivity contribution is 5.79. The minimum absolute atomic E-state index is 0.195. The molecule has 1 aromatic heterocycles. The maximum atomic E-state index is 8.63. The summed E-state index contributed by atoms with van der Waals surface area (Å²) in [6, 6.07) is 0.195. The van der Waals surface area contributed by atoms with Gasteiger partial charge in [0, 0.05) is 18.2 Å². The summed E-state index contributed by atoms with van der Waals surface area (Å²) in [6.45, 7) is 4.11. The van der Waals surface area contributed by atoms with Crippen molar-refractivity contribution < 1.29 is 5.21 Å². The second-order valence-corrected chi connectivity index (χ2v) is 4.77. The van der Waals surface area contributed by atoms with Gasteiger partial charge in [-0.05, 0) is 39.5 Å². The second-order valence-electron chi connectivity index (χ2n) is 4.77. The molecule has 0 fully saturated rings. The summed E-state index contributed by atoms with van der Waals surface area (Å²) in [5.74, 6) is 1.31. The Bertz CT molecular complexity index is 436. The number of aromatic nitrogens is 2. The molecule has 0 aromatic carbocycles. The lowest BCUT2D eigenvalue weighted by Crippen LogP contribution is -2.20. The fourth-order valence-electron chi connectivity index (χ4n) is 2.72. The number of nitrogens with zero attached hydrogens (tertiary/aromatic N) is 3. The summed E-state index contributed by atoms with van der Waals surface area (Å²) < 4.78 is 2.24. The van der Waals surface area contributed by atoms with E-state index < -0.39 is 0 Å². The Kier molecular flexibility index (Phi) is 3.36. The van der Waals surface area contributed by atoms with Crippen LogP contribution in [0.3, 0.4) is 0 Å². The van der Waals surface area contributed by atoms with Crippen molar-refractivity contribution >= 4 is 5.84 Å². The number of rotatable bonds is 3. The van der Waals surface area contributed by atoms with Gasteiger partial charge >= 0.3 is 0 Å². The molecule has 5 nitrogen and oxygen atoms in total. The van der Waals surface area contributed by atoms with E-state index in [9.17, 15) is 0 Å². The molecule has 5 heteroatoms. The minimum Gasteiger partial charge on any atom is -0.409 e. The normalized spacial score (nSPS) is 17.9. The zero-order valence-electron chi connectivity index (χ0n) is 10.5. The number of hydrogen-bond acceptors (Lipinski definition) is 3. The molecule has 0 saturated carbocycles. The molecule has 1 heterocycles. The number of oxime groups is 1. The second kappa shape index (κ2) is 4.77. The third-order valence-corrected chi connectivity index (χ3v) is 3.42. The van der Waals surface area contributed by atoms with Gasteiger partial charge in [-0.1, -0.05) is 5.16 Å². The quantitative estimate of drug-likeness (QED) is 0.363. The molecule has 94 valence electrons. The summed E-state index contributed by atoms with van der Waals surface area (Å²) in [5, 5.41) is 11.7. The van der Waals surface area contributed by atoms with Crippen molar-refractivity contribution in [3.8, 4) is 0 Å². The fourth-order valence-corrected chi connectivity index (χ4v) is 2.72. The Hall–Kier alpha value is -1.52. The first kappa shape index (κ1) is 12.0. The topological polar surface area (TPSA) is 76.4 Å². The van der Waals surface area contributed by atoms with Crippen LogP contribution in [0.15, 0.2) is 5.16 Å². The van der Waals surface area contributed by atoms with Crippen LogP contribution in [0, 0.1) is 6.92 Å². The third-order valence-electron chi connectivity index (χ3n) is 3.42. The van der Waals surface area contributed by atoms with Gasteiger partial charge in [-0.15, -0.1) is 0 Å². The molecule has 0 bridgehead atoms. The lowest BCUT2D eigenvalue weighted by molar-refractivity contribution is 0.315. The van der Waals surface area contributed by atoms with Gasteiger partial charge < -0.3 is 15.5 Å². The van der Waals surface area contributed by atoms with Crippen LogP contribution in [-0.4, -0.2) is 20.6 Å². The van der Waals surface area contributed by atoms with Crippen LogP contribution in [0.1, 0.15) is 49.4 Å². The first-order chi connectivity index (χ1) is 8.13. The summed E-state index contributed by atoms with van der Waals surface area (Å²) >= 11 is 0. The van der Waals surface area contributed by atoms with Gasteiger partial charge in [0.15, 0.2) is 0 Å². The van der Waals surface area contributed by atoms with Crippen LogP contribution in [0.2, 0.25) is 0 Å². The number of nitrogens with two attached hydrogens (primary N) is 1. The van der Waals surface area contributed by atoms with Crippen LogP contribution in [0.5, 0.6) is 0 Å². The molecule has 2 rings (SSSR count). The Morgan fingerprint density at radius 2 is 2.24 bits per heavy atom.